The zero-order valence-electron chi connectivity index (χ0n) is 38.0. The van der Waals surface area contributed by atoms with Crippen LogP contribution in [0.5, 0.6) is 11.5 Å². The summed E-state index contributed by atoms with van der Waals surface area (Å²) in [7, 11) is -13.8. The zero-order valence-corrected chi connectivity index (χ0v) is 41.3. The predicted molar refractivity (Wildman–Crippen MR) is 263 cm³/mol. The second-order valence-electron chi connectivity index (χ2n) is 14.8. The monoisotopic (exact) mass is 1050 g/mol. The lowest BCUT2D eigenvalue weighted by Gasteiger charge is -2.11. The van der Waals surface area contributed by atoms with Gasteiger partial charge in [0.2, 0.25) is 0 Å². The molecule has 26 heteroatoms. The summed E-state index contributed by atoms with van der Waals surface area (Å²) >= 11 is 0. The number of phenols is 1. The Hall–Kier alpha value is -8.17. The third-order valence-corrected chi connectivity index (χ3v) is 10.6. The first-order valence-corrected chi connectivity index (χ1v) is 24.7. The number of azo groups is 3. The van der Waals surface area contributed by atoms with Gasteiger partial charge in [-0.2, -0.15) is 34.0 Å². The number of nitrogens with zero attached hydrogens (tertiary/aromatic N) is 6. The van der Waals surface area contributed by atoms with E-state index in [1.165, 1.54) is 12.1 Å². The lowest BCUT2D eigenvalue weighted by atomic mass is 10.1. The molecule has 7 aromatic rings. The highest BCUT2D eigenvalue weighted by Gasteiger charge is 2.15. The summed E-state index contributed by atoms with van der Waals surface area (Å²) in [4.78, 5) is -0.391. The Labute approximate surface area is 410 Å². The summed E-state index contributed by atoms with van der Waals surface area (Å²) in [5.41, 5.74) is 14.0. The minimum atomic E-state index is -4.49. The Morgan fingerprint density at radius 1 is 0.549 bits per heavy atom. The van der Waals surface area contributed by atoms with Crippen LogP contribution in [0.15, 0.2) is 145 Å². The molecular weight excluding hydrogens is 1000 g/mol. The van der Waals surface area contributed by atoms with Gasteiger partial charge in [-0.15, -0.1) is 43.0 Å². The van der Waals surface area contributed by atoms with Gasteiger partial charge in [0.1, 0.15) is 16.3 Å². The maximum atomic E-state index is 11.7. The second kappa shape index (κ2) is 25.4. The number of hydrogen-bond acceptors (Lipinski definition) is 21. The van der Waals surface area contributed by atoms with Crippen LogP contribution in [-0.4, -0.2) is 62.6 Å². The van der Waals surface area contributed by atoms with Gasteiger partial charge in [-0.05, 0) is 158 Å². The summed E-state index contributed by atoms with van der Waals surface area (Å²) in [6, 6.07) is 32.6. The topological polar surface area (TPSA) is 350 Å². The van der Waals surface area contributed by atoms with Crippen molar-refractivity contribution in [2.75, 3.05) is 17.7 Å². The molecule has 71 heavy (non-hydrogen) atoms. The molecular formula is C45H42N8O14S4. The number of fused-ring (bicyclic) bond motifs is 2. The molecule has 0 aliphatic rings. The second-order valence-corrected chi connectivity index (χ2v) is 17.4. The maximum Gasteiger partial charge on any atom is 0.425 e. The Morgan fingerprint density at radius 2 is 1.00 bits per heavy atom. The van der Waals surface area contributed by atoms with Gasteiger partial charge in [-0.25, -0.2) is 0 Å². The number of nitrogen functional groups attached to an aromatic ring is 1. The van der Waals surface area contributed by atoms with Crippen molar-refractivity contribution < 1.29 is 60.7 Å². The van der Waals surface area contributed by atoms with Crippen molar-refractivity contribution >= 4 is 115 Å². The fourth-order valence-corrected chi connectivity index (χ4v) is 7.08. The molecule has 0 bridgehead atoms. The van der Waals surface area contributed by atoms with Crippen molar-refractivity contribution in [3.05, 3.63) is 131 Å². The van der Waals surface area contributed by atoms with Crippen LogP contribution in [0.4, 0.5) is 51.2 Å². The quantitative estimate of drug-likeness (QED) is 0.0502. The molecule has 0 atom stereocenters. The van der Waals surface area contributed by atoms with E-state index >= 15 is 0 Å². The van der Waals surface area contributed by atoms with Gasteiger partial charge >= 0.3 is 31.8 Å². The lowest BCUT2D eigenvalue weighted by Crippen LogP contribution is -2.04. The lowest BCUT2D eigenvalue weighted by molar-refractivity contribution is 0.321. The number of rotatable bonds is 12. The van der Waals surface area contributed by atoms with Crippen LogP contribution < -0.4 is 15.8 Å². The number of nitrogens with two attached hydrogens (primary N) is 1. The van der Waals surface area contributed by atoms with Crippen molar-refractivity contribution in [1.82, 2.24) is 0 Å². The summed E-state index contributed by atoms with van der Waals surface area (Å²) in [6.07, 6.45) is 0.943. The SMILES string of the molecule is CCCOc1cccc2cc(N=Nc3cc(C)c(N=Nc4cc(C)c(N=Nc5ccc6cc(Nc7ccc(N)c(S(=O)(=O)O)c7)ccc6c5O)cc4C)cc3C)ccc12.O=S(=O)=O.O=S(=O)=O.O=S(=O)=O. The number of anilines is 3. The van der Waals surface area contributed by atoms with E-state index in [2.05, 4.69) is 42.9 Å². The van der Waals surface area contributed by atoms with Gasteiger partial charge in [0.25, 0.3) is 10.1 Å². The molecule has 22 nitrogen and oxygen atoms in total. The summed E-state index contributed by atoms with van der Waals surface area (Å²) in [6.45, 7) is 10.5. The normalized spacial score (nSPS) is 11.1. The Bertz CT molecular complexity index is 3620. The van der Waals surface area contributed by atoms with E-state index in [9.17, 15) is 18.1 Å². The molecule has 0 saturated heterocycles. The fraction of sp³-hybridized carbons (Fsp3) is 0.156. The van der Waals surface area contributed by atoms with E-state index in [1.54, 1.807) is 36.4 Å². The predicted octanol–water partition coefficient (Wildman–Crippen LogP) is 10.5. The number of ether oxygens (including phenoxy) is 1. The molecule has 0 aliphatic carbocycles. The molecule has 0 saturated carbocycles. The van der Waals surface area contributed by atoms with E-state index in [-0.39, 0.29) is 17.1 Å². The number of nitrogens with one attached hydrogen (secondary N) is 1. The van der Waals surface area contributed by atoms with Crippen molar-refractivity contribution in [2.45, 2.75) is 45.9 Å². The van der Waals surface area contributed by atoms with Crippen LogP contribution in [0.1, 0.15) is 35.6 Å². The van der Waals surface area contributed by atoms with Crippen molar-refractivity contribution in [2.24, 2.45) is 30.7 Å². The van der Waals surface area contributed by atoms with Crippen LogP contribution >= 0.6 is 0 Å². The maximum absolute atomic E-state index is 11.7. The van der Waals surface area contributed by atoms with Crippen LogP contribution in [0.2, 0.25) is 0 Å². The number of aromatic hydroxyl groups is 1. The molecule has 7 rings (SSSR count). The van der Waals surface area contributed by atoms with Gasteiger partial charge in [0.05, 0.1) is 40.7 Å². The highest BCUT2D eigenvalue weighted by Crippen LogP contribution is 2.39. The van der Waals surface area contributed by atoms with Crippen LogP contribution in [0.3, 0.4) is 0 Å². The van der Waals surface area contributed by atoms with E-state index < -0.39 is 46.8 Å². The number of benzene rings is 7. The standard InChI is InChI=1S/C45H42N8O5S.3O3S/c1-6-18-58-43-9-7-8-30-24-34(12-14-35(30)43)48-50-39-19-27(3)41(20-26(39)2)52-53-42-22-28(4)40(21-29(42)5)51-49-38-17-10-31-23-32(11-15-36(31)45(38)54)47-33-13-16-37(46)44(25-33)59(55,56)57;3*1-4(2)3/h7-17,19-25,47,54H,6,18,46H2,1-5H3,(H,55,56,57);;;. The average Bonchev–Trinajstić information content (AvgIpc) is 3.28. The molecule has 0 aliphatic heterocycles. The number of phenolic OH excluding ortho intramolecular Hbond substituents is 1. The third kappa shape index (κ3) is 16.8. The summed E-state index contributed by atoms with van der Waals surface area (Å²) in [5, 5.41) is 44.6. The smallest absolute Gasteiger partial charge is 0.425 e. The first-order chi connectivity index (χ1) is 33.5. The summed E-state index contributed by atoms with van der Waals surface area (Å²) in [5.74, 6) is 0.820. The Kier molecular flexibility index (Phi) is 19.9. The molecule has 0 heterocycles. The first kappa shape index (κ1) is 55.4. The highest BCUT2D eigenvalue weighted by atomic mass is 32.2. The van der Waals surface area contributed by atoms with E-state index in [4.69, 9.17) is 48.4 Å². The van der Waals surface area contributed by atoms with E-state index in [0.29, 0.717) is 40.1 Å². The van der Waals surface area contributed by atoms with Gasteiger partial charge in [0, 0.05) is 22.1 Å². The average molecular weight is 1050 g/mol. The molecule has 370 valence electrons. The van der Waals surface area contributed by atoms with Gasteiger partial charge in [0.15, 0.2) is 5.75 Å². The molecule has 5 N–H and O–H groups in total. The highest BCUT2D eigenvalue weighted by molar-refractivity contribution is 7.86. The van der Waals surface area contributed by atoms with Crippen molar-refractivity contribution in [3.8, 4) is 11.5 Å². The molecule has 0 amide bonds. The molecule has 0 aromatic heterocycles. The fourth-order valence-electron chi connectivity index (χ4n) is 6.43. The van der Waals surface area contributed by atoms with Gasteiger partial charge < -0.3 is 20.9 Å². The first-order valence-electron chi connectivity index (χ1n) is 20.3. The van der Waals surface area contributed by atoms with Crippen LogP contribution in [0.25, 0.3) is 21.5 Å². The zero-order chi connectivity index (χ0) is 52.6. The molecule has 0 spiro atoms. The molecule has 0 radical (unpaired) electrons. The van der Waals surface area contributed by atoms with E-state index in [1.807, 2.05) is 88.4 Å². The molecule has 0 fully saturated rings. The van der Waals surface area contributed by atoms with Crippen LogP contribution in [-0.2, 0) is 41.9 Å². The van der Waals surface area contributed by atoms with Crippen molar-refractivity contribution in [3.63, 3.8) is 0 Å². The summed E-state index contributed by atoms with van der Waals surface area (Å²) < 4.78 is 115. The number of hydrogen-bond donors (Lipinski definition) is 4. The third-order valence-electron chi connectivity index (χ3n) is 9.67. The minimum Gasteiger partial charge on any atom is -0.505 e. The molecule has 0 unspecified atom stereocenters. The van der Waals surface area contributed by atoms with Gasteiger partial charge in [-0.3, -0.25) is 4.55 Å². The van der Waals surface area contributed by atoms with Gasteiger partial charge in [-0.1, -0.05) is 25.1 Å². The largest absolute Gasteiger partial charge is 0.505 e. The number of aryl methyl sites for hydroxylation is 4. The van der Waals surface area contributed by atoms with Crippen LogP contribution in [0, 0.1) is 27.7 Å². The Morgan fingerprint density at radius 3 is 1.51 bits per heavy atom. The van der Waals surface area contributed by atoms with E-state index in [0.717, 1.165) is 62.3 Å². The molecule has 7 aromatic carbocycles. The Balaban J connectivity index is 0.000000822. The minimum absolute atomic E-state index is 0.0441. The van der Waals surface area contributed by atoms with Crippen molar-refractivity contribution in [1.29, 1.82) is 0 Å².